The number of halogens is 1. The topological polar surface area (TPSA) is 37.8 Å². The molecule has 1 aliphatic rings. The van der Waals surface area contributed by atoms with Crippen LogP contribution in [0.2, 0.25) is 5.02 Å². The van der Waals surface area contributed by atoms with Crippen LogP contribution in [0.25, 0.3) is 10.9 Å². The van der Waals surface area contributed by atoms with Crippen molar-refractivity contribution in [1.82, 2.24) is 9.97 Å². The number of rotatable bonds is 2. The van der Waals surface area contributed by atoms with E-state index < -0.39 is 0 Å². The van der Waals surface area contributed by atoms with Crippen molar-refractivity contribution in [2.45, 2.75) is 18.9 Å². The van der Waals surface area contributed by atoms with E-state index in [4.69, 9.17) is 11.6 Å². The molecule has 76 valence electrons. The molecule has 0 radical (unpaired) electrons. The number of aromatic nitrogens is 2. The molecule has 1 heterocycles. The molecule has 1 aromatic carbocycles. The number of nitrogens with zero attached hydrogens (tertiary/aromatic N) is 2. The highest BCUT2D eigenvalue weighted by Gasteiger charge is 2.22. The minimum absolute atomic E-state index is 0.596. The van der Waals surface area contributed by atoms with Gasteiger partial charge in [0, 0.05) is 16.5 Å². The van der Waals surface area contributed by atoms with Gasteiger partial charge in [-0.3, -0.25) is 0 Å². The van der Waals surface area contributed by atoms with E-state index >= 15 is 0 Å². The zero-order chi connectivity index (χ0) is 10.3. The van der Waals surface area contributed by atoms with E-state index in [9.17, 15) is 0 Å². The lowest BCUT2D eigenvalue weighted by molar-refractivity contribution is 1.10. The summed E-state index contributed by atoms with van der Waals surface area (Å²) >= 11 is 5.91. The van der Waals surface area contributed by atoms with E-state index in [0.29, 0.717) is 11.1 Å². The Morgan fingerprint density at radius 3 is 2.93 bits per heavy atom. The summed E-state index contributed by atoms with van der Waals surface area (Å²) < 4.78 is 0. The molecule has 1 aliphatic carbocycles. The Bertz CT molecular complexity index is 508. The first-order valence-corrected chi connectivity index (χ1v) is 5.37. The van der Waals surface area contributed by atoms with Crippen LogP contribution >= 0.6 is 11.6 Å². The highest BCUT2D eigenvalue weighted by atomic mass is 35.5. The SMILES string of the molecule is Clc1ccc2c(NC3CC3)ncnc2c1. The van der Waals surface area contributed by atoms with Crippen molar-refractivity contribution in [1.29, 1.82) is 0 Å². The van der Waals surface area contributed by atoms with Crippen LogP contribution in [0, 0.1) is 0 Å². The summed E-state index contributed by atoms with van der Waals surface area (Å²) in [6, 6.07) is 6.28. The molecule has 1 aromatic heterocycles. The predicted octanol–water partition coefficient (Wildman–Crippen LogP) is 2.86. The van der Waals surface area contributed by atoms with Gasteiger partial charge in [0.1, 0.15) is 12.1 Å². The Labute approximate surface area is 92.5 Å². The van der Waals surface area contributed by atoms with Crippen molar-refractivity contribution in [3.63, 3.8) is 0 Å². The van der Waals surface area contributed by atoms with Gasteiger partial charge in [-0.25, -0.2) is 9.97 Å². The third kappa shape index (κ3) is 1.75. The summed E-state index contributed by atoms with van der Waals surface area (Å²) in [5, 5.41) is 5.13. The van der Waals surface area contributed by atoms with Gasteiger partial charge in [-0.15, -0.1) is 0 Å². The molecule has 0 spiro atoms. The van der Waals surface area contributed by atoms with Crippen molar-refractivity contribution in [2.75, 3.05) is 5.32 Å². The summed E-state index contributed by atoms with van der Waals surface area (Å²) in [7, 11) is 0. The van der Waals surface area contributed by atoms with Crippen LogP contribution < -0.4 is 5.32 Å². The maximum atomic E-state index is 5.91. The molecule has 0 amide bonds. The number of nitrogens with one attached hydrogen (secondary N) is 1. The van der Waals surface area contributed by atoms with Gasteiger partial charge in [-0.1, -0.05) is 11.6 Å². The molecule has 0 bridgehead atoms. The Hall–Kier alpha value is -1.35. The van der Waals surface area contributed by atoms with Gasteiger partial charge in [0.15, 0.2) is 0 Å². The van der Waals surface area contributed by atoms with Gasteiger partial charge in [-0.05, 0) is 31.0 Å². The van der Waals surface area contributed by atoms with E-state index in [2.05, 4.69) is 15.3 Å². The summed E-state index contributed by atoms with van der Waals surface area (Å²) in [6.07, 6.45) is 4.04. The molecule has 1 N–H and O–H groups in total. The van der Waals surface area contributed by atoms with E-state index in [1.54, 1.807) is 6.33 Å². The minimum atomic E-state index is 0.596. The fourth-order valence-corrected chi connectivity index (χ4v) is 1.73. The van der Waals surface area contributed by atoms with Gasteiger partial charge in [0.2, 0.25) is 0 Å². The molecule has 4 heteroatoms. The van der Waals surface area contributed by atoms with Crippen LogP contribution in [0.3, 0.4) is 0 Å². The number of fused-ring (bicyclic) bond motifs is 1. The zero-order valence-corrected chi connectivity index (χ0v) is 8.83. The molecule has 0 aliphatic heterocycles. The second kappa shape index (κ2) is 3.35. The van der Waals surface area contributed by atoms with Gasteiger partial charge in [0.05, 0.1) is 5.52 Å². The van der Waals surface area contributed by atoms with E-state index in [1.807, 2.05) is 18.2 Å². The Morgan fingerprint density at radius 2 is 2.13 bits per heavy atom. The summed E-state index contributed by atoms with van der Waals surface area (Å²) in [5.41, 5.74) is 0.889. The van der Waals surface area contributed by atoms with Gasteiger partial charge in [0.25, 0.3) is 0 Å². The van der Waals surface area contributed by atoms with Crippen molar-refractivity contribution in [3.05, 3.63) is 29.5 Å². The van der Waals surface area contributed by atoms with E-state index in [-0.39, 0.29) is 0 Å². The monoisotopic (exact) mass is 219 g/mol. The number of hydrogen-bond acceptors (Lipinski definition) is 3. The van der Waals surface area contributed by atoms with Crippen molar-refractivity contribution in [3.8, 4) is 0 Å². The third-order valence-electron chi connectivity index (χ3n) is 2.52. The molecule has 2 aromatic rings. The molecule has 3 rings (SSSR count). The van der Waals surface area contributed by atoms with Gasteiger partial charge >= 0.3 is 0 Å². The minimum Gasteiger partial charge on any atom is -0.367 e. The molecular formula is C11H10ClN3. The van der Waals surface area contributed by atoms with Crippen LogP contribution in [0.5, 0.6) is 0 Å². The highest BCUT2D eigenvalue weighted by Crippen LogP contribution is 2.28. The average Bonchev–Trinajstić information content (AvgIpc) is 3.01. The fraction of sp³-hybridized carbons (Fsp3) is 0.273. The number of hydrogen-bond donors (Lipinski definition) is 1. The molecule has 1 fully saturated rings. The molecular weight excluding hydrogens is 210 g/mol. The summed E-state index contributed by atoms with van der Waals surface area (Å²) in [5.74, 6) is 0.916. The number of anilines is 1. The maximum absolute atomic E-state index is 5.91. The van der Waals surface area contributed by atoms with Gasteiger partial charge in [-0.2, -0.15) is 0 Å². The Kier molecular flexibility index (Phi) is 1.99. The molecule has 3 nitrogen and oxygen atoms in total. The Morgan fingerprint density at radius 1 is 1.27 bits per heavy atom. The molecule has 15 heavy (non-hydrogen) atoms. The van der Waals surface area contributed by atoms with Crippen molar-refractivity contribution in [2.24, 2.45) is 0 Å². The van der Waals surface area contributed by atoms with Crippen LogP contribution in [0.4, 0.5) is 5.82 Å². The quantitative estimate of drug-likeness (QED) is 0.844. The smallest absolute Gasteiger partial charge is 0.137 e. The zero-order valence-electron chi connectivity index (χ0n) is 8.07. The first kappa shape index (κ1) is 8.92. The van der Waals surface area contributed by atoms with Gasteiger partial charge < -0.3 is 5.32 Å². The maximum Gasteiger partial charge on any atom is 0.137 e. The van der Waals surface area contributed by atoms with Crippen LogP contribution in [0.1, 0.15) is 12.8 Å². The van der Waals surface area contributed by atoms with Crippen LogP contribution in [-0.2, 0) is 0 Å². The lowest BCUT2D eigenvalue weighted by Crippen LogP contribution is -2.03. The molecule has 0 saturated heterocycles. The van der Waals surface area contributed by atoms with Crippen LogP contribution in [-0.4, -0.2) is 16.0 Å². The lowest BCUT2D eigenvalue weighted by Gasteiger charge is -2.06. The average molecular weight is 220 g/mol. The number of benzene rings is 1. The molecule has 1 saturated carbocycles. The predicted molar refractivity (Wildman–Crippen MR) is 61.2 cm³/mol. The second-order valence-corrected chi connectivity index (χ2v) is 4.24. The Balaban J connectivity index is 2.12. The second-order valence-electron chi connectivity index (χ2n) is 3.80. The standard InChI is InChI=1S/C11H10ClN3/c12-7-1-4-9-10(5-7)13-6-14-11(9)15-8-2-3-8/h1,4-6,8H,2-3H2,(H,13,14,15). The highest BCUT2D eigenvalue weighted by molar-refractivity contribution is 6.31. The van der Waals surface area contributed by atoms with Crippen LogP contribution in [0.15, 0.2) is 24.5 Å². The molecule has 0 unspecified atom stereocenters. The lowest BCUT2D eigenvalue weighted by atomic mass is 10.2. The van der Waals surface area contributed by atoms with E-state index in [1.165, 1.54) is 12.8 Å². The molecule has 0 atom stereocenters. The summed E-state index contributed by atoms with van der Waals surface area (Å²) in [4.78, 5) is 8.45. The normalized spacial score (nSPS) is 15.5. The first-order chi connectivity index (χ1) is 7.33. The fourth-order valence-electron chi connectivity index (χ4n) is 1.57. The first-order valence-electron chi connectivity index (χ1n) is 5.00. The van der Waals surface area contributed by atoms with Crippen molar-refractivity contribution >= 4 is 28.3 Å². The third-order valence-corrected chi connectivity index (χ3v) is 2.75. The largest absolute Gasteiger partial charge is 0.367 e. The van der Waals surface area contributed by atoms with E-state index in [0.717, 1.165) is 16.7 Å². The van der Waals surface area contributed by atoms with Crippen molar-refractivity contribution < 1.29 is 0 Å². The summed E-state index contributed by atoms with van der Waals surface area (Å²) in [6.45, 7) is 0.